The Morgan fingerprint density at radius 3 is 2.49 bits per heavy atom. The number of fused-ring (bicyclic) bond motifs is 1. The quantitative estimate of drug-likeness (QED) is 0.479. The van der Waals surface area contributed by atoms with E-state index in [0.717, 1.165) is 27.5 Å². The molecule has 1 N–H and O–H groups in total. The van der Waals surface area contributed by atoms with E-state index >= 15 is 0 Å². The fourth-order valence-corrected chi connectivity index (χ4v) is 5.03. The normalized spacial score (nSPS) is 16.0. The molecule has 2 heterocycles. The Bertz CT molecular complexity index is 1500. The zero-order valence-electron chi connectivity index (χ0n) is 19.5. The summed E-state index contributed by atoms with van der Waals surface area (Å²) in [5.74, 6) is 0. The minimum atomic E-state index is -1.34. The van der Waals surface area contributed by atoms with Crippen molar-refractivity contribution >= 4 is 16.3 Å². The first-order valence-electron chi connectivity index (χ1n) is 11.6. The van der Waals surface area contributed by atoms with Crippen LogP contribution in [0.5, 0.6) is 0 Å². The van der Waals surface area contributed by atoms with Crippen molar-refractivity contribution in [2.24, 2.45) is 7.05 Å². The molecule has 1 atom stereocenters. The van der Waals surface area contributed by atoms with Gasteiger partial charge in [-0.3, -0.25) is 4.90 Å². The van der Waals surface area contributed by atoms with Crippen molar-refractivity contribution in [2.75, 3.05) is 19.6 Å². The van der Waals surface area contributed by atoms with E-state index in [0.29, 0.717) is 42.9 Å². The molecule has 0 saturated heterocycles. The van der Waals surface area contributed by atoms with Crippen molar-refractivity contribution in [1.29, 1.82) is 10.5 Å². The molecule has 0 saturated carbocycles. The van der Waals surface area contributed by atoms with Gasteiger partial charge in [0.25, 0.3) is 0 Å². The molecule has 4 aromatic rings. The van der Waals surface area contributed by atoms with E-state index in [1.54, 1.807) is 36.8 Å². The number of aryl methyl sites for hydroxylation is 1. The fraction of sp³-hybridized carbons (Fsp3) is 0.207. The number of nitrogens with zero attached hydrogens (tertiary/aromatic N) is 5. The van der Waals surface area contributed by atoms with Crippen LogP contribution >= 0.6 is 0 Å². The molecule has 0 spiro atoms. The first-order valence-corrected chi connectivity index (χ1v) is 11.6. The number of β-amino-alcohol motifs (C(OH)–C–C–N with tert-alkyl or cyclic N) is 1. The van der Waals surface area contributed by atoms with Crippen LogP contribution in [-0.2, 0) is 12.6 Å². The molecule has 0 fully saturated rings. The number of benzene rings is 3. The summed E-state index contributed by atoms with van der Waals surface area (Å²) < 4.78 is 1.82. The fourth-order valence-electron chi connectivity index (χ4n) is 5.03. The van der Waals surface area contributed by atoms with Crippen molar-refractivity contribution in [1.82, 2.24) is 14.5 Å². The third-order valence-electron chi connectivity index (χ3n) is 6.86. The molecule has 1 aromatic heterocycles. The summed E-state index contributed by atoms with van der Waals surface area (Å²) in [6.45, 7) is 1.53. The highest BCUT2D eigenvalue weighted by Gasteiger charge is 2.37. The number of imidazole rings is 1. The van der Waals surface area contributed by atoms with Crippen LogP contribution in [0, 0.1) is 22.7 Å². The van der Waals surface area contributed by atoms with Crippen molar-refractivity contribution < 1.29 is 5.11 Å². The summed E-state index contributed by atoms with van der Waals surface area (Å²) in [5.41, 5.74) is 3.42. The zero-order chi connectivity index (χ0) is 24.4. The minimum absolute atomic E-state index is 0.325. The molecule has 5 rings (SSSR count). The highest BCUT2D eigenvalue weighted by molar-refractivity contribution is 5.95. The Labute approximate surface area is 204 Å². The molecule has 6 heteroatoms. The molecule has 172 valence electrons. The average Bonchev–Trinajstić information content (AvgIpc) is 3.35. The second-order valence-corrected chi connectivity index (χ2v) is 9.00. The Hall–Kier alpha value is -4.23. The summed E-state index contributed by atoms with van der Waals surface area (Å²) in [7, 11) is 1.86. The highest BCUT2D eigenvalue weighted by Crippen LogP contribution is 2.35. The van der Waals surface area contributed by atoms with E-state index in [2.05, 4.69) is 46.3 Å². The van der Waals surface area contributed by atoms with Gasteiger partial charge in [0.05, 0.1) is 35.9 Å². The van der Waals surface area contributed by atoms with Gasteiger partial charge in [-0.25, -0.2) is 4.98 Å². The van der Waals surface area contributed by atoms with E-state index in [-0.39, 0.29) is 0 Å². The van der Waals surface area contributed by atoms with Crippen LogP contribution in [0.15, 0.2) is 84.8 Å². The molecule has 1 aliphatic heterocycles. The highest BCUT2D eigenvalue weighted by atomic mass is 16.3. The Balaban J connectivity index is 1.54. The van der Waals surface area contributed by atoms with Gasteiger partial charge in [0.1, 0.15) is 5.60 Å². The van der Waals surface area contributed by atoms with Crippen molar-refractivity contribution in [3.05, 3.63) is 107 Å². The lowest BCUT2D eigenvalue weighted by atomic mass is 9.87. The smallest absolute Gasteiger partial charge is 0.144 e. The van der Waals surface area contributed by atoms with E-state index < -0.39 is 5.60 Å². The van der Waals surface area contributed by atoms with Gasteiger partial charge in [-0.2, -0.15) is 10.5 Å². The number of rotatable bonds is 5. The molecule has 1 aliphatic rings. The van der Waals surface area contributed by atoms with Gasteiger partial charge >= 0.3 is 0 Å². The molecule has 6 nitrogen and oxygen atoms in total. The molecular weight excluding hydrogens is 434 g/mol. The Morgan fingerprint density at radius 2 is 1.77 bits per heavy atom. The number of aliphatic hydroxyl groups is 1. The maximum absolute atomic E-state index is 12.1. The molecule has 0 amide bonds. The zero-order valence-corrected chi connectivity index (χ0v) is 19.5. The molecule has 1 unspecified atom stereocenters. The van der Waals surface area contributed by atoms with Crippen LogP contribution in [0.25, 0.3) is 16.3 Å². The number of hydrogen-bond acceptors (Lipinski definition) is 5. The predicted molar refractivity (Wildman–Crippen MR) is 135 cm³/mol. The topological polar surface area (TPSA) is 88.9 Å². The van der Waals surface area contributed by atoms with Crippen LogP contribution in [0.1, 0.15) is 28.8 Å². The summed E-state index contributed by atoms with van der Waals surface area (Å²) in [6, 6.07) is 26.0. The Morgan fingerprint density at radius 1 is 1.00 bits per heavy atom. The maximum atomic E-state index is 12.1. The van der Waals surface area contributed by atoms with Crippen LogP contribution in [0.2, 0.25) is 0 Å². The van der Waals surface area contributed by atoms with Gasteiger partial charge in [0.2, 0.25) is 0 Å². The first kappa shape index (κ1) is 22.6. The van der Waals surface area contributed by atoms with Crippen molar-refractivity contribution in [2.45, 2.75) is 12.0 Å². The van der Waals surface area contributed by atoms with Gasteiger partial charge < -0.3 is 9.67 Å². The molecule has 0 radical (unpaired) electrons. The number of hydrogen-bond donors (Lipinski definition) is 1. The Kier molecular flexibility index (Phi) is 5.93. The molecule has 0 aliphatic carbocycles. The van der Waals surface area contributed by atoms with Crippen LogP contribution in [0.3, 0.4) is 0 Å². The van der Waals surface area contributed by atoms with E-state index in [9.17, 15) is 15.6 Å². The van der Waals surface area contributed by atoms with Crippen molar-refractivity contribution in [3.8, 4) is 12.1 Å². The van der Waals surface area contributed by atoms with Crippen LogP contribution < -0.4 is 0 Å². The maximum Gasteiger partial charge on any atom is 0.144 e. The third-order valence-corrected chi connectivity index (χ3v) is 6.86. The lowest BCUT2D eigenvalue weighted by molar-refractivity contribution is 0.0331. The molecule has 0 bridgehead atoms. The van der Waals surface area contributed by atoms with Gasteiger partial charge in [0, 0.05) is 32.3 Å². The van der Waals surface area contributed by atoms with E-state index in [1.807, 2.05) is 29.8 Å². The second kappa shape index (κ2) is 9.19. The number of nitriles is 2. The standard InChI is InChI=1S/C29H25N5O/c1-33-20-32-17-28(33)29(35,24-11-9-21(15-30)10-12-24)19-34-14-13-23(16-31)27(18-34)26-8-4-6-22-5-2-3-7-25(22)26/h2-12,17,20,35H,13-14,18-19H2,1H3. The SMILES string of the molecule is Cn1cncc1C(O)(CN1CCC(C#N)=C(c2cccc3ccccc23)C1)c1ccc(C#N)cc1. The van der Waals surface area contributed by atoms with E-state index in [1.165, 1.54) is 0 Å². The predicted octanol–water partition coefficient (Wildman–Crippen LogP) is 4.36. The molecule has 35 heavy (non-hydrogen) atoms. The van der Waals surface area contributed by atoms with Crippen molar-refractivity contribution in [3.63, 3.8) is 0 Å². The number of aromatic nitrogens is 2. The minimum Gasteiger partial charge on any atom is -0.377 e. The van der Waals surface area contributed by atoms with Gasteiger partial charge in [-0.15, -0.1) is 0 Å². The average molecular weight is 460 g/mol. The second-order valence-electron chi connectivity index (χ2n) is 9.00. The summed E-state index contributed by atoms with van der Waals surface area (Å²) in [5, 5.41) is 33.5. The third kappa shape index (κ3) is 4.11. The van der Waals surface area contributed by atoms with Crippen LogP contribution in [-0.4, -0.2) is 39.2 Å². The largest absolute Gasteiger partial charge is 0.377 e. The lowest BCUT2D eigenvalue weighted by Gasteiger charge is -2.37. The summed E-state index contributed by atoms with van der Waals surface area (Å²) >= 11 is 0. The van der Waals surface area contributed by atoms with E-state index in [4.69, 9.17) is 0 Å². The van der Waals surface area contributed by atoms with Gasteiger partial charge in [-0.05, 0) is 46.0 Å². The monoisotopic (exact) mass is 459 g/mol. The summed E-state index contributed by atoms with van der Waals surface area (Å²) in [4.78, 5) is 6.44. The lowest BCUT2D eigenvalue weighted by Crippen LogP contribution is -2.45. The van der Waals surface area contributed by atoms with Crippen LogP contribution in [0.4, 0.5) is 0 Å². The first-order chi connectivity index (χ1) is 17.0. The molecule has 3 aromatic carbocycles. The van der Waals surface area contributed by atoms with Gasteiger partial charge in [-0.1, -0.05) is 54.6 Å². The van der Waals surface area contributed by atoms with Gasteiger partial charge in [0.15, 0.2) is 0 Å². The molecular formula is C29H25N5O. The summed E-state index contributed by atoms with van der Waals surface area (Å²) in [6.07, 6.45) is 3.98.